The van der Waals surface area contributed by atoms with Gasteiger partial charge < -0.3 is 14.6 Å². The van der Waals surface area contributed by atoms with Gasteiger partial charge in [0.2, 0.25) is 0 Å². The average molecular weight is 447 g/mol. The molecule has 1 unspecified atom stereocenters. The van der Waals surface area contributed by atoms with Crippen LogP contribution in [-0.4, -0.2) is 37.2 Å². The maximum atomic E-state index is 14.8. The third kappa shape index (κ3) is 5.00. The van der Waals surface area contributed by atoms with Crippen molar-refractivity contribution in [3.8, 4) is 5.88 Å². The van der Waals surface area contributed by atoms with Crippen LogP contribution in [0.4, 0.5) is 10.1 Å². The molecule has 1 aliphatic carbocycles. The van der Waals surface area contributed by atoms with E-state index in [4.69, 9.17) is 9.26 Å². The number of nitrogens with one attached hydrogen (secondary N) is 1. The number of hydrogen-bond donors (Lipinski definition) is 1. The number of benzene rings is 1. The van der Waals surface area contributed by atoms with Crippen LogP contribution in [0, 0.1) is 18.7 Å². The number of nitrogens with zero attached hydrogens (tertiary/aromatic N) is 5. The first-order valence-electron chi connectivity index (χ1n) is 10.3. The van der Waals surface area contributed by atoms with Gasteiger partial charge in [0.05, 0.1) is 12.7 Å². The van der Waals surface area contributed by atoms with Gasteiger partial charge in [-0.3, -0.25) is 0 Å². The Kier molecular flexibility index (Phi) is 5.92. The predicted octanol–water partition coefficient (Wildman–Crippen LogP) is 4.62. The van der Waals surface area contributed by atoms with E-state index < -0.39 is 6.04 Å². The van der Waals surface area contributed by atoms with E-state index in [1.54, 1.807) is 17.7 Å². The van der Waals surface area contributed by atoms with Crippen LogP contribution in [0.5, 0.6) is 5.88 Å². The Bertz CT molecular complexity index is 1060. The zero-order valence-corrected chi connectivity index (χ0v) is 19.2. The molecule has 2 heterocycles. The number of ether oxygens (including phenoxy) is 1. The normalized spacial score (nSPS) is 15.2. The molecule has 31 heavy (non-hydrogen) atoms. The molecule has 1 N–H and O–H groups in total. The van der Waals surface area contributed by atoms with Gasteiger partial charge in [-0.1, -0.05) is 20.8 Å². The topological polar surface area (TPSA) is 90.9 Å². The molecule has 4 rings (SSSR count). The molecule has 8 nitrogen and oxygen atoms in total. The largest absolute Gasteiger partial charge is 0.479 e. The summed E-state index contributed by atoms with van der Waals surface area (Å²) in [5.41, 5.74) is 1.28. The monoisotopic (exact) mass is 446 g/mol. The Morgan fingerprint density at radius 2 is 2.13 bits per heavy atom. The summed E-state index contributed by atoms with van der Waals surface area (Å²) in [4.78, 5) is 0.604. The van der Waals surface area contributed by atoms with Crippen molar-refractivity contribution in [1.82, 2.24) is 25.4 Å². The number of hydrogen-bond acceptors (Lipinski definition) is 8. The molecule has 3 aromatic rings. The number of rotatable bonds is 8. The number of anilines is 1. The molecule has 1 saturated carbocycles. The van der Waals surface area contributed by atoms with Crippen molar-refractivity contribution in [2.75, 3.05) is 12.4 Å². The highest BCUT2D eigenvalue weighted by molar-refractivity contribution is 8.00. The van der Waals surface area contributed by atoms with E-state index in [0.717, 1.165) is 6.54 Å². The quantitative estimate of drug-likeness (QED) is 0.501. The molecule has 2 aromatic heterocycles. The molecule has 0 radical (unpaired) electrons. The van der Waals surface area contributed by atoms with Crippen LogP contribution in [0.1, 0.15) is 56.8 Å². The van der Waals surface area contributed by atoms with Crippen molar-refractivity contribution in [3.05, 3.63) is 41.2 Å². The van der Waals surface area contributed by atoms with E-state index in [1.165, 1.54) is 37.8 Å². The second-order valence-electron chi connectivity index (χ2n) is 8.76. The van der Waals surface area contributed by atoms with Gasteiger partial charge in [0, 0.05) is 21.9 Å². The highest BCUT2D eigenvalue weighted by Crippen LogP contribution is 2.38. The molecule has 0 amide bonds. The summed E-state index contributed by atoms with van der Waals surface area (Å²) in [6.07, 6.45) is 2.34. The van der Waals surface area contributed by atoms with Crippen LogP contribution in [-0.2, 0) is 6.54 Å². The molecule has 1 fully saturated rings. The second kappa shape index (κ2) is 8.49. The Labute approximate surface area is 184 Å². The first-order valence-corrected chi connectivity index (χ1v) is 11.1. The number of methoxy groups -OCH3 is 1. The van der Waals surface area contributed by atoms with Crippen LogP contribution in [0.2, 0.25) is 0 Å². The van der Waals surface area contributed by atoms with Crippen molar-refractivity contribution < 1.29 is 13.7 Å². The zero-order valence-electron chi connectivity index (χ0n) is 18.3. The van der Waals surface area contributed by atoms with Crippen molar-refractivity contribution in [3.63, 3.8) is 0 Å². The smallest absolute Gasteiger partial charge is 0.259 e. The highest BCUT2D eigenvalue weighted by Gasteiger charge is 2.32. The summed E-state index contributed by atoms with van der Waals surface area (Å²) in [5, 5.41) is 19.7. The minimum absolute atomic E-state index is 0.0871. The van der Waals surface area contributed by atoms with Crippen molar-refractivity contribution in [1.29, 1.82) is 0 Å². The fourth-order valence-electron chi connectivity index (χ4n) is 3.36. The Morgan fingerprint density at radius 3 is 2.77 bits per heavy atom. The lowest BCUT2D eigenvalue weighted by molar-refractivity contribution is 0.331. The molecule has 1 aliphatic rings. The van der Waals surface area contributed by atoms with E-state index in [1.807, 2.05) is 6.07 Å². The third-order valence-electron chi connectivity index (χ3n) is 4.96. The van der Waals surface area contributed by atoms with E-state index >= 15 is 0 Å². The molecule has 166 valence electrons. The van der Waals surface area contributed by atoms with Crippen LogP contribution in [0.3, 0.4) is 0 Å². The van der Waals surface area contributed by atoms with E-state index in [9.17, 15) is 4.39 Å². The maximum absolute atomic E-state index is 14.8. The van der Waals surface area contributed by atoms with Crippen LogP contribution >= 0.6 is 11.8 Å². The molecule has 1 atom stereocenters. The molecule has 0 aliphatic heterocycles. The summed E-state index contributed by atoms with van der Waals surface area (Å²) in [6.45, 7) is 8.71. The lowest BCUT2D eigenvalue weighted by atomic mass is 10.1. The molecule has 0 spiro atoms. The minimum atomic E-state index is -0.518. The number of tetrazole rings is 1. The van der Waals surface area contributed by atoms with Gasteiger partial charge in [-0.2, -0.15) is 0 Å². The molecule has 1 aromatic carbocycles. The fourth-order valence-corrected chi connectivity index (χ4v) is 4.31. The Balaban J connectivity index is 1.69. The van der Waals surface area contributed by atoms with Crippen LogP contribution < -0.4 is 10.1 Å². The van der Waals surface area contributed by atoms with Crippen LogP contribution in [0.25, 0.3) is 0 Å². The minimum Gasteiger partial charge on any atom is -0.479 e. The Hall–Kier alpha value is -2.62. The molecule has 0 bridgehead atoms. The van der Waals surface area contributed by atoms with Gasteiger partial charge in [-0.25, -0.2) is 9.07 Å². The average Bonchev–Trinajstić information content (AvgIpc) is 3.26. The van der Waals surface area contributed by atoms with Gasteiger partial charge in [0.25, 0.3) is 5.88 Å². The van der Waals surface area contributed by atoms with Crippen molar-refractivity contribution in [2.24, 2.45) is 5.92 Å². The van der Waals surface area contributed by atoms with E-state index in [-0.39, 0.29) is 10.6 Å². The summed E-state index contributed by atoms with van der Waals surface area (Å²) in [7, 11) is 1.53. The SMILES string of the molecule is COc1noc(C)c1C(Nc1ccc(SC(C)(C)C)c(F)c1)c1nnnn1CC1CC1. The lowest BCUT2D eigenvalue weighted by Gasteiger charge is -2.21. The molecule has 10 heteroatoms. The molecular formula is C21H27FN6O2S. The van der Waals surface area contributed by atoms with E-state index in [2.05, 4.69) is 46.8 Å². The second-order valence-corrected chi connectivity index (χ2v) is 10.6. The van der Waals surface area contributed by atoms with Crippen LogP contribution in [0.15, 0.2) is 27.6 Å². The predicted molar refractivity (Wildman–Crippen MR) is 116 cm³/mol. The number of halogens is 1. The van der Waals surface area contributed by atoms with Gasteiger partial charge >= 0.3 is 0 Å². The van der Waals surface area contributed by atoms with Gasteiger partial charge in [0.15, 0.2) is 5.82 Å². The molecule has 0 saturated heterocycles. The highest BCUT2D eigenvalue weighted by atomic mass is 32.2. The first kappa shape index (κ1) is 21.6. The Morgan fingerprint density at radius 1 is 1.35 bits per heavy atom. The summed E-state index contributed by atoms with van der Waals surface area (Å²) in [6, 6.07) is 4.62. The number of thioether (sulfide) groups is 1. The van der Waals surface area contributed by atoms with Gasteiger partial charge in [-0.05, 0) is 59.5 Å². The lowest BCUT2D eigenvalue weighted by Crippen LogP contribution is -2.20. The summed E-state index contributed by atoms with van der Waals surface area (Å²) >= 11 is 1.49. The van der Waals surface area contributed by atoms with Crippen molar-refractivity contribution >= 4 is 17.4 Å². The molecular weight excluding hydrogens is 419 g/mol. The van der Waals surface area contributed by atoms with Gasteiger partial charge in [0.1, 0.15) is 17.6 Å². The fraction of sp³-hybridized carbons (Fsp3) is 0.524. The number of aryl methyl sites for hydroxylation is 1. The third-order valence-corrected chi connectivity index (χ3v) is 6.13. The maximum Gasteiger partial charge on any atom is 0.259 e. The zero-order chi connectivity index (χ0) is 22.2. The summed E-state index contributed by atoms with van der Waals surface area (Å²) < 4.78 is 27.3. The van der Waals surface area contributed by atoms with E-state index in [0.29, 0.717) is 39.5 Å². The van der Waals surface area contributed by atoms with Gasteiger partial charge in [-0.15, -0.1) is 16.9 Å². The summed E-state index contributed by atoms with van der Waals surface area (Å²) in [5.74, 6) is 1.83. The van der Waals surface area contributed by atoms with Crippen molar-refractivity contribution in [2.45, 2.75) is 62.8 Å². The number of aromatic nitrogens is 5. The standard InChI is InChI=1S/C21H27FN6O2S/c1-12-17(20(29-5)25-30-12)18(19-24-26-27-28(19)11-13-6-7-13)23-14-8-9-16(15(22)10-14)31-21(2,3)4/h8-10,13,18,23H,6-7,11H2,1-5H3. The first-order chi connectivity index (χ1) is 14.7.